The van der Waals surface area contributed by atoms with E-state index in [-0.39, 0.29) is 5.69 Å². The van der Waals surface area contributed by atoms with Crippen LogP contribution in [0.3, 0.4) is 0 Å². The number of aryl methyl sites for hydroxylation is 2. The van der Waals surface area contributed by atoms with Crippen molar-refractivity contribution in [3.05, 3.63) is 64.7 Å². The van der Waals surface area contributed by atoms with E-state index in [4.69, 9.17) is 0 Å². The molecule has 94 valence electrons. The number of nitrogens with one attached hydrogen (secondary N) is 1. The largest absolute Gasteiger partial charge is 0.376 e. The van der Waals surface area contributed by atoms with Crippen molar-refractivity contribution < 1.29 is 8.78 Å². The first-order chi connectivity index (χ1) is 8.58. The highest BCUT2D eigenvalue weighted by Crippen LogP contribution is 2.20. The molecule has 0 aromatic heterocycles. The zero-order valence-electron chi connectivity index (χ0n) is 10.4. The molecule has 0 bridgehead atoms. The lowest BCUT2D eigenvalue weighted by Crippen LogP contribution is -2.05. The Labute approximate surface area is 105 Å². The minimum atomic E-state index is -0.569. The summed E-state index contributed by atoms with van der Waals surface area (Å²) < 4.78 is 26.9. The molecule has 0 unspecified atom stereocenters. The van der Waals surface area contributed by atoms with Gasteiger partial charge in [0.2, 0.25) is 0 Å². The van der Waals surface area contributed by atoms with Gasteiger partial charge in [-0.25, -0.2) is 8.78 Å². The third-order valence-electron chi connectivity index (χ3n) is 2.92. The Morgan fingerprint density at radius 1 is 1.00 bits per heavy atom. The molecular weight excluding hydrogens is 232 g/mol. The van der Waals surface area contributed by atoms with Crippen molar-refractivity contribution in [2.24, 2.45) is 0 Å². The molecule has 1 nitrogen and oxygen atoms in total. The quantitative estimate of drug-likeness (QED) is 0.857. The maximum Gasteiger partial charge on any atom is 0.149 e. The number of rotatable bonds is 3. The second-order valence-corrected chi connectivity index (χ2v) is 4.38. The van der Waals surface area contributed by atoms with Crippen LogP contribution in [0, 0.1) is 25.5 Å². The number of benzene rings is 2. The summed E-state index contributed by atoms with van der Waals surface area (Å²) in [5.41, 5.74) is 3.20. The Morgan fingerprint density at radius 2 is 1.67 bits per heavy atom. The van der Waals surface area contributed by atoms with Gasteiger partial charge in [0.15, 0.2) is 0 Å². The molecule has 0 aliphatic heterocycles. The van der Waals surface area contributed by atoms with Gasteiger partial charge in [0.05, 0.1) is 0 Å². The van der Waals surface area contributed by atoms with Gasteiger partial charge < -0.3 is 5.32 Å². The molecule has 0 saturated carbocycles. The minimum absolute atomic E-state index is 0.0709. The highest BCUT2D eigenvalue weighted by molar-refractivity contribution is 5.47. The zero-order valence-corrected chi connectivity index (χ0v) is 10.4. The van der Waals surface area contributed by atoms with Gasteiger partial charge in [-0.1, -0.05) is 29.8 Å². The molecule has 0 amide bonds. The molecule has 18 heavy (non-hydrogen) atoms. The average molecular weight is 247 g/mol. The van der Waals surface area contributed by atoms with Crippen LogP contribution in [0.1, 0.15) is 16.7 Å². The molecule has 0 saturated heterocycles. The van der Waals surface area contributed by atoms with Gasteiger partial charge in [-0.3, -0.25) is 0 Å². The highest BCUT2D eigenvalue weighted by Gasteiger charge is 2.08. The first-order valence-corrected chi connectivity index (χ1v) is 5.82. The van der Waals surface area contributed by atoms with Gasteiger partial charge in [0.1, 0.15) is 17.3 Å². The van der Waals surface area contributed by atoms with E-state index < -0.39 is 11.6 Å². The zero-order chi connectivity index (χ0) is 13.1. The van der Waals surface area contributed by atoms with Crippen LogP contribution in [-0.4, -0.2) is 0 Å². The molecule has 0 aliphatic carbocycles. The Bertz CT molecular complexity index is 544. The normalized spacial score (nSPS) is 10.4. The maximum atomic E-state index is 13.4. The van der Waals surface area contributed by atoms with E-state index in [0.717, 1.165) is 16.7 Å². The van der Waals surface area contributed by atoms with E-state index in [1.807, 2.05) is 32.0 Å². The van der Waals surface area contributed by atoms with Gasteiger partial charge in [-0.15, -0.1) is 0 Å². The fraction of sp³-hybridized carbons (Fsp3) is 0.200. The van der Waals surface area contributed by atoms with Crippen LogP contribution in [-0.2, 0) is 6.54 Å². The number of anilines is 1. The smallest absolute Gasteiger partial charge is 0.149 e. The summed E-state index contributed by atoms with van der Waals surface area (Å²) in [5, 5.41) is 2.82. The molecule has 0 radical (unpaired) electrons. The summed E-state index contributed by atoms with van der Waals surface area (Å²) in [6.45, 7) is 4.38. The van der Waals surface area contributed by atoms with E-state index in [2.05, 4.69) is 5.32 Å². The Hall–Kier alpha value is -1.90. The Kier molecular flexibility index (Phi) is 3.60. The number of halogens is 2. The molecular formula is C15H15F2N. The SMILES string of the molecule is Cc1ccc(C)c(CNc2c(F)cccc2F)c1. The topological polar surface area (TPSA) is 12.0 Å². The molecule has 0 heterocycles. The summed E-state index contributed by atoms with van der Waals surface area (Å²) >= 11 is 0. The van der Waals surface area contributed by atoms with E-state index >= 15 is 0 Å². The summed E-state index contributed by atoms with van der Waals surface area (Å²) in [6, 6.07) is 9.88. The molecule has 2 rings (SSSR count). The van der Waals surface area contributed by atoms with Crippen LogP contribution in [0.15, 0.2) is 36.4 Å². The minimum Gasteiger partial charge on any atom is -0.376 e. The molecule has 0 aliphatic rings. The van der Waals surface area contributed by atoms with Crippen molar-refractivity contribution in [3.8, 4) is 0 Å². The summed E-state index contributed by atoms with van der Waals surface area (Å²) in [5.74, 6) is -1.14. The van der Waals surface area contributed by atoms with Crippen molar-refractivity contribution in [1.82, 2.24) is 0 Å². The predicted molar refractivity (Wildman–Crippen MR) is 69.6 cm³/mol. The van der Waals surface area contributed by atoms with Gasteiger partial charge in [-0.2, -0.15) is 0 Å². The number of para-hydroxylation sites is 1. The monoisotopic (exact) mass is 247 g/mol. The second kappa shape index (κ2) is 5.17. The lowest BCUT2D eigenvalue weighted by Gasteiger charge is -2.11. The van der Waals surface area contributed by atoms with Crippen molar-refractivity contribution >= 4 is 5.69 Å². The van der Waals surface area contributed by atoms with Crippen molar-refractivity contribution in [2.75, 3.05) is 5.32 Å². The molecule has 0 atom stereocenters. The van der Waals surface area contributed by atoms with Crippen LogP contribution in [0.25, 0.3) is 0 Å². The maximum absolute atomic E-state index is 13.4. The van der Waals surface area contributed by atoms with E-state index in [1.165, 1.54) is 18.2 Å². The Balaban J connectivity index is 2.19. The average Bonchev–Trinajstić information content (AvgIpc) is 2.33. The standard InChI is InChI=1S/C15H15F2N/c1-10-6-7-11(2)12(8-10)9-18-15-13(16)4-3-5-14(15)17/h3-8,18H,9H2,1-2H3. The van der Waals surface area contributed by atoms with Gasteiger partial charge >= 0.3 is 0 Å². The van der Waals surface area contributed by atoms with Crippen LogP contribution >= 0.6 is 0 Å². The molecule has 3 heteroatoms. The lowest BCUT2D eigenvalue weighted by atomic mass is 10.1. The second-order valence-electron chi connectivity index (χ2n) is 4.38. The fourth-order valence-corrected chi connectivity index (χ4v) is 1.84. The number of hydrogen-bond donors (Lipinski definition) is 1. The van der Waals surface area contributed by atoms with Crippen molar-refractivity contribution in [3.63, 3.8) is 0 Å². The molecule has 0 fully saturated rings. The Morgan fingerprint density at radius 3 is 2.33 bits per heavy atom. The summed E-state index contributed by atoms with van der Waals surface area (Å²) in [4.78, 5) is 0. The van der Waals surface area contributed by atoms with Gasteiger partial charge in [0.25, 0.3) is 0 Å². The lowest BCUT2D eigenvalue weighted by molar-refractivity contribution is 0.588. The van der Waals surface area contributed by atoms with Crippen LogP contribution in [0.5, 0.6) is 0 Å². The van der Waals surface area contributed by atoms with Crippen LogP contribution in [0.2, 0.25) is 0 Å². The van der Waals surface area contributed by atoms with E-state index in [9.17, 15) is 8.78 Å². The van der Waals surface area contributed by atoms with Gasteiger partial charge in [0, 0.05) is 6.54 Å². The fourth-order valence-electron chi connectivity index (χ4n) is 1.84. The number of hydrogen-bond acceptors (Lipinski definition) is 1. The van der Waals surface area contributed by atoms with Crippen molar-refractivity contribution in [1.29, 1.82) is 0 Å². The first kappa shape index (κ1) is 12.6. The molecule has 1 N–H and O–H groups in total. The van der Waals surface area contributed by atoms with Gasteiger partial charge in [-0.05, 0) is 37.1 Å². The third-order valence-corrected chi connectivity index (χ3v) is 2.92. The van der Waals surface area contributed by atoms with Crippen LogP contribution < -0.4 is 5.32 Å². The third kappa shape index (κ3) is 2.67. The van der Waals surface area contributed by atoms with Crippen molar-refractivity contribution in [2.45, 2.75) is 20.4 Å². The molecule has 2 aromatic carbocycles. The molecule has 0 spiro atoms. The first-order valence-electron chi connectivity index (χ1n) is 5.82. The summed E-state index contributed by atoms with van der Waals surface area (Å²) in [6.07, 6.45) is 0. The summed E-state index contributed by atoms with van der Waals surface area (Å²) in [7, 11) is 0. The van der Waals surface area contributed by atoms with E-state index in [0.29, 0.717) is 6.54 Å². The van der Waals surface area contributed by atoms with Crippen LogP contribution in [0.4, 0.5) is 14.5 Å². The molecule has 2 aromatic rings. The van der Waals surface area contributed by atoms with E-state index in [1.54, 1.807) is 0 Å². The highest BCUT2D eigenvalue weighted by atomic mass is 19.1. The predicted octanol–water partition coefficient (Wildman–Crippen LogP) is 4.19.